The first-order valence-corrected chi connectivity index (χ1v) is 6.81. The minimum Gasteiger partial charge on any atom is -0.478 e. The van der Waals surface area contributed by atoms with Gasteiger partial charge < -0.3 is 9.84 Å². The van der Waals surface area contributed by atoms with E-state index in [4.69, 9.17) is 9.84 Å². The highest BCUT2D eigenvalue weighted by Crippen LogP contribution is 2.24. The molecule has 1 heterocycles. The molecule has 21 heavy (non-hydrogen) atoms. The fourth-order valence-electron chi connectivity index (χ4n) is 1.31. The third-order valence-corrected chi connectivity index (χ3v) is 3.00. The fraction of sp³-hybridized carbons (Fsp3) is 0.417. The lowest BCUT2D eigenvalue weighted by Crippen LogP contribution is -2.25. The lowest BCUT2D eigenvalue weighted by Gasteiger charge is -2.19. The van der Waals surface area contributed by atoms with Crippen LogP contribution in [0.15, 0.2) is 17.3 Å². The SMILES string of the molecule is CC(C)(C)OC(=O)CSc1ncc([N+](=O)[O-])cc1C(=O)O. The van der Waals surface area contributed by atoms with Gasteiger partial charge in [-0.15, -0.1) is 0 Å². The van der Waals surface area contributed by atoms with Crippen molar-refractivity contribution in [3.63, 3.8) is 0 Å². The van der Waals surface area contributed by atoms with Crippen LogP contribution < -0.4 is 0 Å². The van der Waals surface area contributed by atoms with Gasteiger partial charge in [0.25, 0.3) is 5.69 Å². The molecule has 8 nitrogen and oxygen atoms in total. The Kier molecular flexibility index (Phi) is 5.25. The number of nitrogens with zero attached hydrogens (tertiary/aromatic N) is 2. The van der Waals surface area contributed by atoms with Crippen LogP contribution in [-0.2, 0) is 9.53 Å². The second-order valence-electron chi connectivity index (χ2n) is 4.98. The Morgan fingerprint density at radius 2 is 2.10 bits per heavy atom. The lowest BCUT2D eigenvalue weighted by molar-refractivity contribution is -0.385. The van der Waals surface area contributed by atoms with Gasteiger partial charge in [0.05, 0.1) is 16.2 Å². The molecule has 1 rings (SSSR count). The first-order chi connectivity index (χ1) is 9.60. The predicted molar refractivity (Wildman–Crippen MR) is 74.4 cm³/mol. The molecule has 0 aliphatic heterocycles. The van der Waals surface area contributed by atoms with Crippen LogP contribution in [0.3, 0.4) is 0 Å². The van der Waals surface area contributed by atoms with Crippen LogP contribution in [-0.4, -0.2) is 38.3 Å². The average Bonchev–Trinajstić information content (AvgIpc) is 2.33. The number of carboxylic acids is 1. The number of carboxylic acid groups (broad SMARTS) is 1. The van der Waals surface area contributed by atoms with Crippen molar-refractivity contribution in [2.45, 2.75) is 31.4 Å². The van der Waals surface area contributed by atoms with Gasteiger partial charge in [-0.2, -0.15) is 0 Å². The van der Waals surface area contributed by atoms with Crippen LogP contribution in [0, 0.1) is 10.1 Å². The molecule has 1 aromatic heterocycles. The maximum atomic E-state index is 11.6. The van der Waals surface area contributed by atoms with E-state index in [-0.39, 0.29) is 16.3 Å². The monoisotopic (exact) mass is 314 g/mol. The second kappa shape index (κ2) is 6.53. The molecule has 114 valence electrons. The summed E-state index contributed by atoms with van der Waals surface area (Å²) >= 11 is 0.856. The van der Waals surface area contributed by atoms with E-state index in [2.05, 4.69) is 4.98 Å². The molecule has 0 spiro atoms. The maximum Gasteiger partial charge on any atom is 0.338 e. The highest BCUT2D eigenvalue weighted by Gasteiger charge is 2.21. The summed E-state index contributed by atoms with van der Waals surface area (Å²) in [7, 11) is 0. The number of nitro groups is 1. The van der Waals surface area contributed by atoms with Gasteiger partial charge in [-0.1, -0.05) is 11.8 Å². The number of carbonyl (C=O) groups excluding carboxylic acids is 1. The molecular formula is C12H14N2O6S. The largest absolute Gasteiger partial charge is 0.478 e. The molecule has 0 unspecified atom stereocenters. The Labute approximate surface area is 124 Å². The van der Waals surface area contributed by atoms with E-state index in [1.54, 1.807) is 20.8 Å². The van der Waals surface area contributed by atoms with Gasteiger partial charge in [0.15, 0.2) is 0 Å². The molecule has 0 aliphatic carbocycles. The summed E-state index contributed by atoms with van der Waals surface area (Å²) in [5, 5.41) is 19.7. The van der Waals surface area contributed by atoms with Crippen LogP contribution in [0.1, 0.15) is 31.1 Å². The molecule has 0 amide bonds. The topological polar surface area (TPSA) is 120 Å². The van der Waals surface area contributed by atoms with Crippen LogP contribution in [0.25, 0.3) is 0 Å². The Bertz CT molecular complexity index is 582. The first kappa shape index (κ1) is 16.9. The molecule has 9 heteroatoms. The van der Waals surface area contributed by atoms with Gasteiger partial charge in [-0.3, -0.25) is 14.9 Å². The van der Waals surface area contributed by atoms with Crippen molar-refractivity contribution in [2.75, 3.05) is 5.75 Å². The summed E-state index contributed by atoms with van der Waals surface area (Å²) < 4.78 is 5.08. The molecule has 1 N–H and O–H groups in total. The smallest absolute Gasteiger partial charge is 0.338 e. The summed E-state index contributed by atoms with van der Waals surface area (Å²) in [6, 6.07) is 0.909. The van der Waals surface area contributed by atoms with Crippen LogP contribution >= 0.6 is 11.8 Å². The Morgan fingerprint density at radius 3 is 2.57 bits per heavy atom. The summed E-state index contributed by atoms with van der Waals surface area (Å²) in [4.78, 5) is 36.2. The zero-order valence-electron chi connectivity index (χ0n) is 11.7. The van der Waals surface area contributed by atoms with Crippen molar-refractivity contribution in [1.82, 2.24) is 4.98 Å². The number of hydrogen-bond acceptors (Lipinski definition) is 7. The number of carbonyl (C=O) groups is 2. The molecule has 0 saturated carbocycles. The molecule has 0 saturated heterocycles. The number of rotatable bonds is 5. The van der Waals surface area contributed by atoms with Crippen molar-refractivity contribution < 1.29 is 24.4 Å². The van der Waals surface area contributed by atoms with E-state index in [9.17, 15) is 19.7 Å². The predicted octanol–water partition coefficient (Wildman–Crippen LogP) is 2.12. The minimum absolute atomic E-state index is 0.0268. The van der Waals surface area contributed by atoms with E-state index in [0.717, 1.165) is 24.0 Å². The Hall–Kier alpha value is -2.16. The fourth-order valence-corrected chi connectivity index (χ4v) is 2.05. The highest BCUT2D eigenvalue weighted by molar-refractivity contribution is 8.00. The van der Waals surface area contributed by atoms with E-state index in [1.165, 1.54) is 0 Å². The van der Waals surface area contributed by atoms with Gasteiger partial charge in [-0.05, 0) is 20.8 Å². The number of ether oxygens (including phenoxy) is 1. The van der Waals surface area contributed by atoms with Crippen LogP contribution in [0.4, 0.5) is 5.69 Å². The Morgan fingerprint density at radius 1 is 1.48 bits per heavy atom. The van der Waals surface area contributed by atoms with Crippen molar-refractivity contribution in [3.05, 3.63) is 27.9 Å². The average molecular weight is 314 g/mol. The van der Waals surface area contributed by atoms with Crippen molar-refractivity contribution >= 4 is 29.4 Å². The highest BCUT2D eigenvalue weighted by atomic mass is 32.2. The maximum absolute atomic E-state index is 11.6. The number of esters is 1. The first-order valence-electron chi connectivity index (χ1n) is 5.82. The minimum atomic E-state index is -1.35. The Balaban J connectivity index is 2.86. The molecule has 0 atom stereocenters. The quantitative estimate of drug-likeness (QED) is 0.380. The van der Waals surface area contributed by atoms with Crippen molar-refractivity contribution in [2.24, 2.45) is 0 Å². The van der Waals surface area contributed by atoms with Crippen molar-refractivity contribution in [3.8, 4) is 0 Å². The molecular weight excluding hydrogens is 300 g/mol. The zero-order valence-corrected chi connectivity index (χ0v) is 12.5. The van der Waals surface area contributed by atoms with Gasteiger partial charge >= 0.3 is 11.9 Å². The third-order valence-electron chi connectivity index (χ3n) is 2.02. The molecule has 0 bridgehead atoms. The van der Waals surface area contributed by atoms with E-state index < -0.39 is 28.2 Å². The molecule has 0 aromatic carbocycles. The van der Waals surface area contributed by atoms with Crippen LogP contribution in [0.5, 0.6) is 0 Å². The summed E-state index contributed by atoms with van der Waals surface area (Å²) in [6.07, 6.45) is 0.948. The zero-order chi connectivity index (χ0) is 16.2. The van der Waals surface area contributed by atoms with Gasteiger partial charge in [0.1, 0.15) is 16.8 Å². The second-order valence-corrected chi connectivity index (χ2v) is 5.95. The van der Waals surface area contributed by atoms with E-state index in [0.29, 0.717) is 0 Å². The number of pyridine rings is 1. The lowest BCUT2D eigenvalue weighted by atomic mass is 10.2. The summed E-state index contributed by atoms with van der Waals surface area (Å²) in [6.45, 7) is 5.13. The van der Waals surface area contributed by atoms with E-state index in [1.807, 2.05) is 0 Å². The number of thioether (sulfide) groups is 1. The molecule has 0 radical (unpaired) electrons. The van der Waals surface area contributed by atoms with Gasteiger partial charge in [-0.25, -0.2) is 9.78 Å². The molecule has 1 aromatic rings. The summed E-state index contributed by atoms with van der Waals surface area (Å²) in [5.41, 5.74) is -1.39. The molecule has 0 aliphatic rings. The summed E-state index contributed by atoms with van der Waals surface area (Å²) in [5.74, 6) is -2.01. The normalized spacial score (nSPS) is 11.0. The molecule has 0 fully saturated rings. The van der Waals surface area contributed by atoms with E-state index >= 15 is 0 Å². The van der Waals surface area contributed by atoms with Gasteiger partial charge in [0.2, 0.25) is 0 Å². The number of hydrogen-bond donors (Lipinski definition) is 1. The third kappa shape index (κ3) is 5.38. The van der Waals surface area contributed by atoms with Crippen molar-refractivity contribution in [1.29, 1.82) is 0 Å². The van der Waals surface area contributed by atoms with Crippen LogP contribution in [0.2, 0.25) is 0 Å². The standard InChI is InChI=1S/C12H14N2O6S/c1-12(2,3)20-9(15)6-21-10-8(11(16)17)4-7(5-13-10)14(18)19/h4-5H,6H2,1-3H3,(H,16,17). The number of aromatic nitrogens is 1. The van der Waals surface area contributed by atoms with Gasteiger partial charge in [0, 0.05) is 6.07 Å². The number of aromatic carboxylic acids is 1.